The van der Waals surface area contributed by atoms with Crippen LogP contribution in [0.25, 0.3) is 32.9 Å². The van der Waals surface area contributed by atoms with Gasteiger partial charge in [0.2, 0.25) is 0 Å². The number of hydrogen-bond acceptors (Lipinski definition) is 4. The highest BCUT2D eigenvalue weighted by Gasteiger charge is 2.43. The van der Waals surface area contributed by atoms with Crippen LogP contribution in [0.4, 0.5) is 4.39 Å². The van der Waals surface area contributed by atoms with Gasteiger partial charge in [-0.15, -0.1) is 0 Å². The molecule has 1 aliphatic rings. The lowest BCUT2D eigenvalue weighted by Gasteiger charge is -2.16. The highest BCUT2D eigenvalue weighted by Crippen LogP contribution is 2.43. The molecule has 3 heterocycles. The van der Waals surface area contributed by atoms with Gasteiger partial charge in [0.15, 0.2) is 0 Å². The molecule has 0 unspecified atom stereocenters. The van der Waals surface area contributed by atoms with Crippen LogP contribution in [-0.4, -0.2) is 37.5 Å². The standard InChI is InChI=1S/C30H30FN5O3/c1-5-32-28(37)24-13-21-22(15-35(4)29(38)26(21)33-24)20-12-23-19(14-36(34-23)16-30(31)9-10-30)11-25(20)39-27-17(2)7-6-8-18(27)3/h6-8,11-15,33H,5,9-10,16H2,1-4H3,(H,32,37). The normalized spacial score (nSPS) is 14.2. The number of nitrogens with zero attached hydrogens (tertiary/aromatic N) is 3. The number of aromatic nitrogens is 4. The van der Waals surface area contributed by atoms with Crippen molar-refractivity contribution in [3.05, 3.63) is 76.0 Å². The smallest absolute Gasteiger partial charge is 0.274 e. The Balaban J connectivity index is 1.58. The van der Waals surface area contributed by atoms with Crippen LogP contribution in [0.2, 0.25) is 0 Å². The third-order valence-electron chi connectivity index (χ3n) is 7.35. The van der Waals surface area contributed by atoms with Crippen molar-refractivity contribution in [2.75, 3.05) is 6.54 Å². The minimum Gasteiger partial charge on any atom is -0.456 e. The number of halogens is 1. The summed E-state index contributed by atoms with van der Waals surface area (Å²) in [5.41, 5.74) is 3.26. The van der Waals surface area contributed by atoms with E-state index in [-0.39, 0.29) is 18.0 Å². The Morgan fingerprint density at radius 3 is 2.59 bits per heavy atom. The van der Waals surface area contributed by atoms with Crippen molar-refractivity contribution in [1.82, 2.24) is 24.6 Å². The van der Waals surface area contributed by atoms with E-state index < -0.39 is 5.67 Å². The molecular formula is C30H30FN5O3. The lowest BCUT2D eigenvalue weighted by Crippen LogP contribution is -2.23. The average molecular weight is 528 g/mol. The molecule has 39 heavy (non-hydrogen) atoms. The van der Waals surface area contributed by atoms with Crippen LogP contribution in [0.3, 0.4) is 0 Å². The summed E-state index contributed by atoms with van der Waals surface area (Å²) >= 11 is 0. The molecule has 2 N–H and O–H groups in total. The van der Waals surface area contributed by atoms with E-state index in [1.54, 1.807) is 24.0 Å². The number of hydrogen-bond donors (Lipinski definition) is 2. The molecule has 6 rings (SSSR count). The van der Waals surface area contributed by atoms with E-state index in [9.17, 15) is 14.0 Å². The van der Waals surface area contributed by atoms with Gasteiger partial charge in [0.05, 0.1) is 12.1 Å². The Labute approximate surface area is 224 Å². The third kappa shape index (κ3) is 4.47. The molecule has 1 amide bonds. The molecule has 0 spiro atoms. The number of H-pyrrole nitrogens is 1. The molecular weight excluding hydrogens is 497 g/mol. The Kier molecular flexibility index (Phi) is 5.82. The number of benzene rings is 2. The number of carbonyl (C=O) groups excluding carboxylic acids is 1. The lowest BCUT2D eigenvalue weighted by molar-refractivity contribution is 0.0951. The van der Waals surface area contributed by atoms with Gasteiger partial charge in [0.1, 0.15) is 28.4 Å². The van der Waals surface area contributed by atoms with Crippen molar-refractivity contribution < 1.29 is 13.9 Å². The number of nitrogens with one attached hydrogen (secondary N) is 2. The maximum absolute atomic E-state index is 14.5. The fourth-order valence-electron chi connectivity index (χ4n) is 5.06. The molecule has 0 bridgehead atoms. The molecule has 1 fully saturated rings. The maximum Gasteiger partial charge on any atom is 0.274 e. The van der Waals surface area contributed by atoms with Crippen molar-refractivity contribution >= 4 is 27.7 Å². The fourth-order valence-corrected chi connectivity index (χ4v) is 5.06. The van der Waals surface area contributed by atoms with Gasteiger partial charge < -0.3 is 19.6 Å². The molecule has 0 atom stereocenters. The molecule has 0 radical (unpaired) electrons. The van der Waals surface area contributed by atoms with E-state index in [2.05, 4.69) is 15.4 Å². The number of carbonyl (C=O) groups is 1. The van der Waals surface area contributed by atoms with Gasteiger partial charge in [0, 0.05) is 47.9 Å². The summed E-state index contributed by atoms with van der Waals surface area (Å²) < 4.78 is 24.3. The first-order valence-corrected chi connectivity index (χ1v) is 13.1. The molecule has 200 valence electrons. The van der Waals surface area contributed by atoms with E-state index >= 15 is 0 Å². The minimum atomic E-state index is -1.19. The molecule has 0 saturated heterocycles. The molecule has 2 aromatic carbocycles. The Hall–Kier alpha value is -4.40. The first kappa shape index (κ1) is 24.9. The molecule has 3 aromatic heterocycles. The van der Waals surface area contributed by atoms with Crippen molar-refractivity contribution in [2.45, 2.75) is 45.8 Å². The van der Waals surface area contributed by atoms with Crippen LogP contribution in [-0.2, 0) is 13.6 Å². The Morgan fingerprint density at radius 2 is 1.90 bits per heavy atom. The summed E-state index contributed by atoms with van der Waals surface area (Å²) in [4.78, 5) is 28.7. The topological polar surface area (TPSA) is 93.9 Å². The molecule has 8 nitrogen and oxygen atoms in total. The number of para-hydroxylation sites is 1. The number of aromatic amines is 1. The largest absolute Gasteiger partial charge is 0.456 e. The zero-order chi connectivity index (χ0) is 27.5. The molecule has 1 aliphatic carbocycles. The van der Waals surface area contributed by atoms with Gasteiger partial charge >= 0.3 is 0 Å². The summed E-state index contributed by atoms with van der Waals surface area (Å²) in [6.45, 7) is 6.49. The monoisotopic (exact) mass is 527 g/mol. The molecule has 5 aromatic rings. The van der Waals surface area contributed by atoms with Crippen LogP contribution >= 0.6 is 0 Å². The van der Waals surface area contributed by atoms with Gasteiger partial charge in [-0.1, -0.05) is 18.2 Å². The van der Waals surface area contributed by atoms with Crippen molar-refractivity contribution in [3.8, 4) is 22.6 Å². The van der Waals surface area contributed by atoms with Crippen LogP contribution in [0.5, 0.6) is 11.5 Å². The van der Waals surface area contributed by atoms with E-state index in [4.69, 9.17) is 4.74 Å². The molecule has 9 heteroatoms. The van der Waals surface area contributed by atoms with Crippen LogP contribution in [0.1, 0.15) is 41.4 Å². The van der Waals surface area contributed by atoms with Crippen LogP contribution in [0, 0.1) is 13.8 Å². The van der Waals surface area contributed by atoms with Gasteiger partial charge in [-0.25, -0.2) is 4.39 Å². The Morgan fingerprint density at radius 1 is 1.15 bits per heavy atom. The fraction of sp³-hybridized carbons (Fsp3) is 0.300. The first-order valence-electron chi connectivity index (χ1n) is 13.1. The minimum absolute atomic E-state index is 0.210. The number of fused-ring (bicyclic) bond motifs is 2. The van der Waals surface area contributed by atoms with Crippen molar-refractivity contribution in [1.29, 1.82) is 0 Å². The van der Waals surface area contributed by atoms with Crippen LogP contribution in [0.15, 0.2) is 53.6 Å². The maximum atomic E-state index is 14.5. The summed E-state index contributed by atoms with van der Waals surface area (Å²) in [7, 11) is 1.67. The second kappa shape index (κ2) is 9.11. The highest BCUT2D eigenvalue weighted by atomic mass is 19.1. The van der Waals surface area contributed by atoms with Gasteiger partial charge in [-0.2, -0.15) is 5.10 Å². The lowest BCUT2D eigenvalue weighted by atomic mass is 10.0. The number of rotatable bonds is 7. The average Bonchev–Trinajstić information content (AvgIpc) is 3.28. The van der Waals surface area contributed by atoms with E-state index in [1.165, 1.54) is 4.57 Å². The molecule has 0 aliphatic heterocycles. The van der Waals surface area contributed by atoms with Gasteiger partial charge in [-0.05, 0) is 62.9 Å². The summed E-state index contributed by atoms with van der Waals surface area (Å²) in [6.07, 6.45) is 4.69. The summed E-state index contributed by atoms with van der Waals surface area (Å²) in [5, 5.41) is 8.87. The van der Waals surface area contributed by atoms with Gasteiger partial charge in [-0.3, -0.25) is 14.3 Å². The summed E-state index contributed by atoms with van der Waals surface area (Å²) in [5.74, 6) is 1.02. The number of amides is 1. The summed E-state index contributed by atoms with van der Waals surface area (Å²) in [6, 6.07) is 11.5. The van der Waals surface area contributed by atoms with E-state index in [0.29, 0.717) is 58.4 Å². The number of ether oxygens (including phenoxy) is 1. The number of aryl methyl sites for hydroxylation is 3. The number of alkyl halides is 1. The zero-order valence-corrected chi connectivity index (χ0v) is 22.4. The highest BCUT2D eigenvalue weighted by molar-refractivity contribution is 6.04. The third-order valence-corrected chi connectivity index (χ3v) is 7.35. The SMILES string of the molecule is CCNC(=O)c1cc2c(-c3cc4nn(CC5(F)CC5)cc4cc3Oc3c(C)cccc3C)cn(C)c(=O)c2[nH]1. The van der Waals surface area contributed by atoms with E-state index in [1.807, 2.05) is 57.3 Å². The quantitative estimate of drug-likeness (QED) is 0.290. The van der Waals surface area contributed by atoms with Crippen molar-refractivity contribution in [2.24, 2.45) is 7.05 Å². The number of pyridine rings is 1. The molecule has 1 saturated carbocycles. The second-order valence-corrected chi connectivity index (χ2v) is 10.5. The first-order chi connectivity index (χ1) is 18.7. The van der Waals surface area contributed by atoms with E-state index in [0.717, 1.165) is 22.3 Å². The predicted molar refractivity (Wildman–Crippen MR) is 149 cm³/mol. The predicted octanol–water partition coefficient (Wildman–Crippen LogP) is 5.54. The van der Waals surface area contributed by atoms with Crippen LogP contribution < -0.4 is 15.6 Å². The van der Waals surface area contributed by atoms with Gasteiger partial charge in [0.25, 0.3) is 11.5 Å². The second-order valence-electron chi connectivity index (χ2n) is 10.5. The zero-order valence-electron chi connectivity index (χ0n) is 22.4. The Bertz CT molecular complexity index is 1810. The van der Waals surface area contributed by atoms with Crippen molar-refractivity contribution in [3.63, 3.8) is 0 Å².